The first kappa shape index (κ1) is 10.1. The Balaban J connectivity index is 1.86. The van der Waals surface area contributed by atoms with Gasteiger partial charge in [-0.15, -0.1) is 6.42 Å². The lowest BCUT2D eigenvalue weighted by Gasteiger charge is -2.08. The zero-order chi connectivity index (χ0) is 10.5. The maximum absolute atomic E-state index is 5.53. The first-order valence-corrected chi connectivity index (χ1v) is 5.20. The fourth-order valence-corrected chi connectivity index (χ4v) is 1.70. The van der Waals surface area contributed by atoms with E-state index in [-0.39, 0.29) is 0 Å². The first-order valence-electron chi connectivity index (χ1n) is 5.20. The molecule has 15 heavy (non-hydrogen) atoms. The van der Waals surface area contributed by atoms with Crippen molar-refractivity contribution in [2.24, 2.45) is 0 Å². The molecule has 0 aliphatic carbocycles. The predicted octanol–water partition coefficient (Wildman–Crippen LogP) is 1.11. The zero-order valence-electron chi connectivity index (χ0n) is 8.65. The van der Waals surface area contributed by atoms with Gasteiger partial charge >= 0.3 is 0 Å². The molecule has 1 aromatic heterocycles. The Morgan fingerprint density at radius 3 is 3.40 bits per heavy atom. The van der Waals surface area contributed by atoms with Crippen molar-refractivity contribution in [1.29, 1.82) is 0 Å². The summed E-state index contributed by atoms with van der Waals surface area (Å²) < 4.78 is 7.43. The molecule has 4 heteroatoms. The molecule has 2 heterocycles. The number of rotatable bonds is 4. The minimum atomic E-state index is 0.324. The van der Waals surface area contributed by atoms with Gasteiger partial charge in [-0.1, -0.05) is 5.92 Å². The molecular formula is C11H15N3O. The second kappa shape index (κ2) is 4.85. The van der Waals surface area contributed by atoms with Gasteiger partial charge in [-0.2, -0.15) is 5.10 Å². The van der Waals surface area contributed by atoms with E-state index in [9.17, 15) is 0 Å². The molecule has 1 saturated heterocycles. The van der Waals surface area contributed by atoms with E-state index in [0.29, 0.717) is 12.6 Å². The highest BCUT2D eigenvalue weighted by molar-refractivity contribution is 5.39. The summed E-state index contributed by atoms with van der Waals surface area (Å²) in [5.41, 5.74) is 0.964. The summed E-state index contributed by atoms with van der Waals surface area (Å²) in [7, 11) is 0. The average Bonchev–Trinajstić information content (AvgIpc) is 2.87. The Hall–Kier alpha value is -1.47. The molecule has 0 bridgehead atoms. The molecule has 1 fully saturated rings. The highest BCUT2D eigenvalue weighted by atomic mass is 16.5. The predicted molar refractivity (Wildman–Crippen MR) is 58.5 cm³/mol. The molecule has 0 aromatic carbocycles. The lowest BCUT2D eigenvalue weighted by molar-refractivity contribution is 0.0940. The van der Waals surface area contributed by atoms with Crippen molar-refractivity contribution < 1.29 is 4.74 Å². The Labute approximate surface area is 89.6 Å². The van der Waals surface area contributed by atoms with Crippen LogP contribution in [0, 0.1) is 12.3 Å². The van der Waals surface area contributed by atoms with Crippen molar-refractivity contribution in [2.45, 2.75) is 25.5 Å². The van der Waals surface area contributed by atoms with Crippen LogP contribution in [0.25, 0.3) is 0 Å². The van der Waals surface area contributed by atoms with Crippen molar-refractivity contribution in [3.8, 4) is 12.3 Å². The van der Waals surface area contributed by atoms with Gasteiger partial charge in [0.2, 0.25) is 0 Å². The minimum absolute atomic E-state index is 0.324. The van der Waals surface area contributed by atoms with Gasteiger partial charge in [-0.05, 0) is 12.8 Å². The monoisotopic (exact) mass is 205 g/mol. The van der Waals surface area contributed by atoms with Crippen LogP contribution >= 0.6 is 0 Å². The summed E-state index contributed by atoms with van der Waals surface area (Å²) in [5, 5.41) is 7.32. The Kier molecular flexibility index (Phi) is 3.25. The van der Waals surface area contributed by atoms with Crippen LogP contribution in [-0.4, -0.2) is 29.0 Å². The van der Waals surface area contributed by atoms with Crippen molar-refractivity contribution >= 4 is 5.69 Å². The Morgan fingerprint density at radius 2 is 2.67 bits per heavy atom. The standard InChI is InChI=1S/C11H15N3O/c1-2-5-12-10-7-13-14(8-10)9-11-4-3-6-15-11/h1,7-8,11-12H,3-6,9H2. The number of hydrogen-bond donors (Lipinski definition) is 1. The second-order valence-corrected chi connectivity index (χ2v) is 3.64. The van der Waals surface area contributed by atoms with Crippen LogP contribution in [-0.2, 0) is 11.3 Å². The molecule has 0 amide bonds. The van der Waals surface area contributed by atoms with Crippen LogP contribution in [0.5, 0.6) is 0 Å². The number of terminal acetylenes is 1. The van der Waals surface area contributed by atoms with E-state index in [0.717, 1.165) is 31.7 Å². The van der Waals surface area contributed by atoms with E-state index in [2.05, 4.69) is 16.3 Å². The molecule has 1 aliphatic heterocycles. The molecule has 1 N–H and O–H groups in total. The summed E-state index contributed by atoms with van der Waals surface area (Å²) in [6, 6.07) is 0. The molecule has 2 rings (SSSR count). The molecule has 1 aliphatic rings. The topological polar surface area (TPSA) is 39.1 Å². The van der Waals surface area contributed by atoms with Crippen LogP contribution in [0.1, 0.15) is 12.8 Å². The number of nitrogens with one attached hydrogen (secondary N) is 1. The van der Waals surface area contributed by atoms with Crippen LogP contribution in [0.15, 0.2) is 12.4 Å². The maximum atomic E-state index is 5.53. The van der Waals surface area contributed by atoms with Crippen LogP contribution in [0.2, 0.25) is 0 Å². The zero-order valence-corrected chi connectivity index (χ0v) is 8.65. The summed E-state index contributed by atoms with van der Waals surface area (Å²) >= 11 is 0. The van der Waals surface area contributed by atoms with E-state index in [1.165, 1.54) is 0 Å². The van der Waals surface area contributed by atoms with Gasteiger partial charge < -0.3 is 10.1 Å². The van der Waals surface area contributed by atoms with Crippen molar-refractivity contribution in [3.05, 3.63) is 12.4 Å². The third kappa shape index (κ3) is 2.74. The van der Waals surface area contributed by atoms with E-state index < -0.39 is 0 Å². The minimum Gasteiger partial charge on any atom is -0.376 e. The van der Waals surface area contributed by atoms with Crippen LogP contribution in [0.4, 0.5) is 5.69 Å². The summed E-state index contributed by atoms with van der Waals surface area (Å²) in [4.78, 5) is 0. The molecule has 1 aromatic rings. The number of aromatic nitrogens is 2. The fourth-order valence-electron chi connectivity index (χ4n) is 1.70. The van der Waals surface area contributed by atoms with E-state index in [1.54, 1.807) is 6.20 Å². The second-order valence-electron chi connectivity index (χ2n) is 3.64. The highest BCUT2D eigenvalue weighted by Crippen LogP contribution is 2.14. The normalized spacial score (nSPS) is 20.1. The van der Waals surface area contributed by atoms with Gasteiger partial charge in [-0.25, -0.2) is 0 Å². The molecule has 0 radical (unpaired) electrons. The summed E-state index contributed by atoms with van der Waals surface area (Å²) in [6.45, 7) is 2.25. The quantitative estimate of drug-likeness (QED) is 0.748. The lowest BCUT2D eigenvalue weighted by Crippen LogP contribution is -2.15. The molecule has 0 spiro atoms. The van der Waals surface area contributed by atoms with Gasteiger partial charge in [0, 0.05) is 12.8 Å². The third-order valence-electron chi connectivity index (χ3n) is 2.44. The van der Waals surface area contributed by atoms with Gasteiger partial charge in [0.05, 0.1) is 31.1 Å². The maximum Gasteiger partial charge on any atom is 0.0771 e. The largest absolute Gasteiger partial charge is 0.376 e. The van der Waals surface area contributed by atoms with Gasteiger partial charge in [0.1, 0.15) is 0 Å². The van der Waals surface area contributed by atoms with E-state index in [1.807, 2.05) is 10.9 Å². The van der Waals surface area contributed by atoms with Crippen molar-refractivity contribution in [3.63, 3.8) is 0 Å². The first-order chi connectivity index (χ1) is 7.38. The van der Waals surface area contributed by atoms with Gasteiger partial charge in [0.15, 0.2) is 0 Å². The number of ether oxygens (including phenoxy) is 1. The number of nitrogens with zero attached hydrogens (tertiary/aromatic N) is 2. The third-order valence-corrected chi connectivity index (χ3v) is 2.44. The fraction of sp³-hybridized carbons (Fsp3) is 0.545. The summed E-state index contributed by atoms with van der Waals surface area (Å²) in [5.74, 6) is 2.53. The van der Waals surface area contributed by atoms with Gasteiger partial charge in [-0.3, -0.25) is 4.68 Å². The molecule has 1 unspecified atom stereocenters. The number of hydrogen-bond acceptors (Lipinski definition) is 3. The average molecular weight is 205 g/mol. The van der Waals surface area contributed by atoms with E-state index in [4.69, 9.17) is 11.2 Å². The van der Waals surface area contributed by atoms with E-state index >= 15 is 0 Å². The highest BCUT2D eigenvalue weighted by Gasteiger charge is 2.16. The summed E-state index contributed by atoms with van der Waals surface area (Å²) in [6.07, 6.45) is 11.5. The molecular weight excluding hydrogens is 190 g/mol. The Morgan fingerprint density at radius 1 is 1.73 bits per heavy atom. The molecule has 4 nitrogen and oxygen atoms in total. The smallest absolute Gasteiger partial charge is 0.0771 e. The molecule has 1 atom stereocenters. The van der Waals surface area contributed by atoms with Gasteiger partial charge in [0.25, 0.3) is 0 Å². The molecule has 80 valence electrons. The van der Waals surface area contributed by atoms with Crippen LogP contribution < -0.4 is 5.32 Å². The molecule has 0 saturated carbocycles. The van der Waals surface area contributed by atoms with Crippen molar-refractivity contribution in [1.82, 2.24) is 9.78 Å². The van der Waals surface area contributed by atoms with Crippen molar-refractivity contribution in [2.75, 3.05) is 18.5 Å². The van der Waals surface area contributed by atoms with Crippen LogP contribution in [0.3, 0.4) is 0 Å². The number of anilines is 1. The Bertz CT molecular complexity index is 347. The SMILES string of the molecule is C#CCNc1cnn(CC2CCCO2)c1. The lowest BCUT2D eigenvalue weighted by atomic mass is 10.2.